The minimum absolute atomic E-state index is 0.145. The Morgan fingerprint density at radius 2 is 2.24 bits per heavy atom. The monoisotopic (exact) mass is 287 g/mol. The van der Waals surface area contributed by atoms with E-state index in [0.717, 1.165) is 19.3 Å². The largest absolute Gasteiger partial charge is 0.336 e. The van der Waals surface area contributed by atoms with E-state index in [1.54, 1.807) is 0 Å². The van der Waals surface area contributed by atoms with Crippen LogP contribution < -0.4 is 10.6 Å². The summed E-state index contributed by atoms with van der Waals surface area (Å²) in [6, 6.07) is 7.95. The van der Waals surface area contributed by atoms with Crippen LogP contribution in [0.5, 0.6) is 0 Å². The van der Waals surface area contributed by atoms with Crippen LogP contribution in [0.4, 0.5) is 4.79 Å². The summed E-state index contributed by atoms with van der Waals surface area (Å²) >= 11 is 0. The summed E-state index contributed by atoms with van der Waals surface area (Å²) < 4.78 is 0. The molecule has 0 radical (unpaired) electrons. The second-order valence-electron chi connectivity index (χ2n) is 5.75. The molecule has 112 valence electrons. The highest BCUT2D eigenvalue weighted by Crippen LogP contribution is 2.29. The van der Waals surface area contributed by atoms with Crippen LogP contribution in [-0.4, -0.2) is 36.0 Å². The molecule has 1 aliphatic heterocycles. The van der Waals surface area contributed by atoms with Crippen LogP contribution in [0, 0.1) is 0 Å². The van der Waals surface area contributed by atoms with Gasteiger partial charge in [0.15, 0.2) is 0 Å². The molecule has 0 saturated carbocycles. The van der Waals surface area contributed by atoms with Gasteiger partial charge in [0.1, 0.15) is 0 Å². The van der Waals surface area contributed by atoms with Gasteiger partial charge in [-0.15, -0.1) is 0 Å². The molecule has 0 unspecified atom stereocenters. The van der Waals surface area contributed by atoms with Crippen molar-refractivity contribution >= 4 is 11.9 Å². The quantitative estimate of drug-likeness (QED) is 0.887. The average molecular weight is 287 g/mol. The smallest absolute Gasteiger partial charge is 0.324 e. The maximum absolute atomic E-state index is 12.3. The van der Waals surface area contributed by atoms with Crippen molar-refractivity contribution in [1.29, 1.82) is 0 Å². The predicted molar refractivity (Wildman–Crippen MR) is 79.8 cm³/mol. The second-order valence-corrected chi connectivity index (χ2v) is 5.75. The van der Waals surface area contributed by atoms with E-state index in [1.165, 1.54) is 16.0 Å². The zero-order valence-electron chi connectivity index (χ0n) is 12.3. The zero-order chi connectivity index (χ0) is 14.8. The number of fused-ring (bicyclic) bond motifs is 1. The minimum Gasteiger partial charge on any atom is -0.336 e. The SMILES string of the molecule is C[C@@H](N[C@@H]1CCCc2ccccc21)C(=O)N1CCNC1=O. The fourth-order valence-electron chi connectivity index (χ4n) is 3.22. The van der Waals surface area contributed by atoms with Gasteiger partial charge < -0.3 is 5.32 Å². The zero-order valence-corrected chi connectivity index (χ0v) is 12.3. The lowest BCUT2D eigenvalue weighted by Crippen LogP contribution is -2.47. The topological polar surface area (TPSA) is 61.4 Å². The van der Waals surface area contributed by atoms with E-state index in [4.69, 9.17) is 0 Å². The standard InChI is InChI=1S/C16H21N3O2/c1-11(15(20)19-10-9-17-16(19)21)18-14-8-4-6-12-5-2-3-7-13(12)14/h2-3,5,7,11,14,18H,4,6,8-10H2,1H3,(H,17,21)/t11-,14-/m1/s1. The lowest BCUT2D eigenvalue weighted by molar-refractivity contribution is -0.129. The van der Waals surface area contributed by atoms with Crippen molar-refractivity contribution in [2.75, 3.05) is 13.1 Å². The Bertz CT molecular complexity index is 558. The molecule has 0 spiro atoms. The van der Waals surface area contributed by atoms with Gasteiger partial charge in [0.2, 0.25) is 5.91 Å². The van der Waals surface area contributed by atoms with E-state index in [9.17, 15) is 9.59 Å². The van der Waals surface area contributed by atoms with E-state index in [2.05, 4.69) is 28.8 Å². The number of benzene rings is 1. The van der Waals surface area contributed by atoms with Crippen LogP contribution in [0.2, 0.25) is 0 Å². The summed E-state index contributed by atoms with van der Waals surface area (Å²) in [5.74, 6) is -0.145. The van der Waals surface area contributed by atoms with E-state index in [-0.39, 0.29) is 24.0 Å². The van der Waals surface area contributed by atoms with Crippen LogP contribution in [0.15, 0.2) is 24.3 Å². The Kier molecular flexibility index (Phi) is 3.92. The van der Waals surface area contributed by atoms with Gasteiger partial charge >= 0.3 is 6.03 Å². The lowest BCUT2D eigenvalue weighted by Gasteiger charge is -2.29. The third kappa shape index (κ3) is 2.78. The molecule has 0 aromatic heterocycles. The summed E-state index contributed by atoms with van der Waals surface area (Å²) in [6.45, 7) is 2.85. The molecule has 2 atom stereocenters. The first kappa shape index (κ1) is 14.1. The van der Waals surface area contributed by atoms with Gasteiger partial charge in [0, 0.05) is 19.1 Å². The molecule has 5 nitrogen and oxygen atoms in total. The molecule has 1 aromatic rings. The van der Waals surface area contributed by atoms with Crippen LogP contribution in [-0.2, 0) is 11.2 Å². The highest BCUT2D eigenvalue weighted by molar-refractivity contribution is 5.98. The van der Waals surface area contributed by atoms with Gasteiger partial charge in [-0.1, -0.05) is 24.3 Å². The van der Waals surface area contributed by atoms with Crippen molar-refractivity contribution < 1.29 is 9.59 Å². The van der Waals surface area contributed by atoms with E-state index < -0.39 is 0 Å². The molecule has 1 fully saturated rings. The molecule has 3 rings (SSSR count). The summed E-state index contributed by atoms with van der Waals surface area (Å²) in [7, 11) is 0. The molecule has 1 saturated heterocycles. The van der Waals surface area contributed by atoms with Crippen LogP contribution >= 0.6 is 0 Å². The van der Waals surface area contributed by atoms with Crippen molar-refractivity contribution in [2.45, 2.75) is 38.3 Å². The number of hydrogen-bond donors (Lipinski definition) is 2. The fraction of sp³-hybridized carbons (Fsp3) is 0.500. The van der Waals surface area contributed by atoms with Crippen LogP contribution in [0.25, 0.3) is 0 Å². The summed E-state index contributed by atoms with van der Waals surface area (Å²) in [5.41, 5.74) is 2.65. The molecule has 1 aromatic carbocycles. The highest BCUT2D eigenvalue weighted by Gasteiger charge is 2.31. The molecule has 1 heterocycles. The molecule has 2 N–H and O–H groups in total. The number of imide groups is 1. The number of nitrogens with zero attached hydrogens (tertiary/aromatic N) is 1. The average Bonchev–Trinajstić information content (AvgIpc) is 2.93. The lowest BCUT2D eigenvalue weighted by atomic mass is 9.87. The minimum atomic E-state index is -0.356. The maximum atomic E-state index is 12.3. The molecule has 5 heteroatoms. The Morgan fingerprint density at radius 1 is 1.43 bits per heavy atom. The van der Waals surface area contributed by atoms with Crippen LogP contribution in [0.1, 0.15) is 36.9 Å². The molecule has 2 aliphatic rings. The molecular weight excluding hydrogens is 266 g/mol. The van der Waals surface area contributed by atoms with E-state index >= 15 is 0 Å². The Hall–Kier alpha value is -1.88. The van der Waals surface area contributed by atoms with Gasteiger partial charge in [-0.25, -0.2) is 4.79 Å². The second kappa shape index (κ2) is 5.85. The van der Waals surface area contributed by atoms with Crippen molar-refractivity contribution in [3.05, 3.63) is 35.4 Å². The maximum Gasteiger partial charge on any atom is 0.324 e. The normalized spacial score (nSPS) is 22.6. The number of carbonyl (C=O) groups excluding carboxylic acids is 2. The Balaban J connectivity index is 1.69. The van der Waals surface area contributed by atoms with Gasteiger partial charge in [-0.3, -0.25) is 15.0 Å². The van der Waals surface area contributed by atoms with Crippen molar-refractivity contribution in [3.63, 3.8) is 0 Å². The Morgan fingerprint density at radius 3 is 3.00 bits per heavy atom. The van der Waals surface area contributed by atoms with E-state index in [1.807, 2.05) is 13.0 Å². The van der Waals surface area contributed by atoms with Gasteiger partial charge in [0.05, 0.1) is 6.04 Å². The number of hydrogen-bond acceptors (Lipinski definition) is 3. The fourth-order valence-corrected chi connectivity index (χ4v) is 3.22. The number of rotatable bonds is 3. The first-order chi connectivity index (χ1) is 10.2. The summed E-state index contributed by atoms with van der Waals surface area (Å²) in [4.78, 5) is 25.2. The number of carbonyl (C=O) groups is 2. The van der Waals surface area contributed by atoms with Crippen molar-refractivity contribution in [1.82, 2.24) is 15.5 Å². The first-order valence-electron chi connectivity index (χ1n) is 7.60. The summed E-state index contributed by atoms with van der Waals surface area (Å²) in [5, 5.41) is 6.06. The third-order valence-electron chi connectivity index (χ3n) is 4.31. The van der Waals surface area contributed by atoms with Crippen molar-refractivity contribution in [3.8, 4) is 0 Å². The first-order valence-corrected chi connectivity index (χ1v) is 7.60. The molecule has 21 heavy (non-hydrogen) atoms. The molecule has 3 amide bonds. The van der Waals surface area contributed by atoms with Gasteiger partial charge in [-0.05, 0) is 37.3 Å². The summed E-state index contributed by atoms with van der Waals surface area (Å²) in [6.07, 6.45) is 3.26. The molecular formula is C16H21N3O2. The number of nitrogens with one attached hydrogen (secondary N) is 2. The van der Waals surface area contributed by atoms with E-state index in [0.29, 0.717) is 13.1 Å². The third-order valence-corrected chi connectivity index (χ3v) is 4.31. The number of amides is 3. The number of urea groups is 1. The Labute approximate surface area is 124 Å². The van der Waals surface area contributed by atoms with Crippen molar-refractivity contribution in [2.24, 2.45) is 0 Å². The molecule has 1 aliphatic carbocycles. The van der Waals surface area contributed by atoms with Gasteiger partial charge in [0.25, 0.3) is 0 Å². The predicted octanol–water partition coefficient (Wildman–Crippen LogP) is 1.59. The number of aryl methyl sites for hydroxylation is 1. The highest BCUT2D eigenvalue weighted by atomic mass is 16.2. The van der Waals surface area contributed by atoms with Gasteiger partial charge in [-0.2, -0.15) is 0 Å². The molecule has 0 bridgehead atoms. The van der Waals surface area contributed by atoms with Crippen LogP contribution in [0.3, 0.4) is 0 Å².